The summed E-state index contributed by atoms with van der Waals surface area (Å²) >= 11 is 1.34. The number of pyridine rings is 1. The SMILES string of the molecule is CSc1nc(N)c2c(n1)OCCN(c1cccnc1)C2=O. The Hall–Kier alpha value is -2.35. The molecule has 7 nitrogen and oxygen atoms in total. The number of nitrogen functional groups attached to an aromatic ring is 1. The lowest BCUT2D eigenvalue weighted by Crippen LogP contribution is -2.32. The van der Waals surface area contributed by atoms with E-state index in [1.807, 2.05) is 12.3 Å². The fraction of sp³-hybridized carbons (Fsp3) is 0.231. The van der Waals surface area contributed by atoms with Crippen LogP contribution in [0.1, 0.15) is 10.4 Å². The van der Waals surface area contributed by atoms with E-state index in [-0.39, 0.29) is 23.2 Å². The molecule has 3 rings (SSSR count). The van der Waals surface area contributed by atoms with Crippen LogP contribution in [0, 0.1) is 0 Å². The number of ether oxygens (including phenoxy) is 1. The van der Waals surface area contributed by atoms with Gasteiger partial charge >= 0.3 is 0 Å². The minimum Gasteiger partial charge on any atom is -0.475 e. The van der Waals surface area contributed by atoms with E-state index < -0.39 is 0 Å². The second-order valence-corrected chi connectivity index (χ2v) is 5.07. The number of carbonyl (C=O) groups excluding carboxylic acids is 1. The van der Waals surface area contributed by atoms with Gasteiger partial charge in [0.2, 0.25) is 5.88 Å². The quantitative estimate of drug-likeness (QED) is 0.658. The molecule has 8 heteroatoms. The summed E-state index contributed by atoms with van der Waals surface area (Å²) in [5.41, 5.74) is 6.80. The first-order valence-electron chi connectivity index (χ1n) is 6.27. The van der Waals surface area contributed by atoms with Gasteiger partial charge in [-0.15, -0.1) is 0 Å². The number of rotatable bonds is 2. The molecule has 0 spiro atoms. The average molecular weight is 303 g/mol. The van der Waals surface area contributed by atoms with Crippen LogP contribution in [0.15, 0.2) is 29.7 Å². The van der Waals surface area contributed by atoms with Crippen LogP contribution in [0.5, 0.6) is 5.88 Å². The Bertz CT molecular complexity index is 680. The first-order valence-corrected chi connectivity index (χ1v) is 7.49. The third-order valence-corrected chi connectivity index (χ3v) is 3.58. The van der Waals surface area contributed by atoms with Crippen LogP contribution < -0.4 is 15.4 Å². The molecule has 2 aromatic rings. The van der Waals surface area contributed by atoms with Crippen molar-refractivity contribution in [2.75, 3.05) is 30.0 Å². The summed E-state index contributed by atoms with van der Waals surface area (Å²) in [6.45, 7) is 0.729. The number of nitrogens with zero attached hydrogens (tertiary/aromatic N) is 4. The van der Waals surface area contributed by atoms with E-state index in [1.165, 1.54) is 11.8 Å². The zero-order valence-electron chi connectivity index (χ0n) is 11.3. The summed E-state index contributed by atoms with van der Waals surface area (Å²) in [5, 5.41) is 0.480. The summed E-state index contributed by atoms with van der Waals surface area (Å²) < 4.78 is 5.57. The highest BCUT2D eigenvalue weighted by molar-refractivity contribution is 7.98. The van der Waals surface area contributed by atoms with Gasteiger partial charge in [0.25, 0.3) is 5.91 Å². The molecule has 21 heavy (non-hydrogen) atoms. The van der Waals surface area contributed by atoms with E-state index >= 15 is 0 Å². The Morgan fingerprint density at radius 2 is 2.29 bits per heavy atom. The molecular formula is C13H13N5O2S. The van der Waals surface area contributed by atoms with Gasteiger partial charge in [-0.3, -0.25) is 9.78 Å². The zero-order valence-corrected chi connectivity index (χ0v) is 12.1. The Kier molecular flexibility index (Phi) is 3.61. The second kappa shape index (κ2) is 5.57. The topological polar surface area (TPSA) is 94.2 Å². The molecule has 1 amide bonds. The van der Waals surface area contributed by atoms with Gasteiger partial charge in [-0.25, -0.2) is 4.98 Å². The molecule has 108 valence electrons. The van der Waals surface area contributed by atoms with Crippen molar-refractivity contribution < 1.29 is 9.53 Å². The molecule has 0 fully saturated rings. The first-order chi connectivity index (χ1) is 10.2. The van der Waals surface area contributed by atoms with E-state index in [0.717, 1.165) is 0 Å². The lowest BCUT2D eigenvalue weighted by Gasteiger charge is -2.19. The van der Waals surface area contributed by atoms with Crippen molar-refractivity contribution in [2.45, 2.75) is 5.16 Å². The molecule has 0 saturated carbocycles. The number of nitrogens with two attached hydrogens (primary N) is 1. The summed E-state index contributed by atoms with van der Waals surface area (Å²) in [6, 6.07) is 3.58. The molecule has 1 aliphatic heterocycles. The highest BCUT2D eigenvalue weighted by atomic mass is 32.2. The monoisotopic (exact) mass is 303 g/mol. The van der Waals surface area contributed by atoms with Crippen LogP contribution in [-0.2, 0) is 0 Å². The average Bonchev–Trinajstić information content (AvgIpc) is 2.67. The van der Waals surface area contributed by atoms with Crippen molar-refractivity contribution in [3.05, 3.63) is 30.1 Å². The zero-order chi connectivity index (χ0) is 14.8. The van der Waals surface area contributed by atoms with Crippen LogP contribution in [-0.4, -0.2) is 40.3 Å². The van der Waals surface area contributed by atoms with Crippen LogP contribution in [0.2, 0.25) is 0 Å². The smallest absolute Gasteiger partial charge is 0.267 e. The molecule has 2 N–H and O–H groups in total. The minimum atomic E-state index is -0.277. The number of fused-ring (bicyclic) bond motifs is 1. The fourth-order valence-electron chi connectivity index (χ4n) is 2.06. The molecule has 0 saturated heterocycles. The number of thioether (sulfide) groups is 1. The van der Waals surface area contributed by atoms with Crippen molar-refractivity contribution in [2.24, 2.45) is 0 Å². The molecule has 0 aliphatic carbocycles. The summed E-state index contributed by atoms with van der Waals surface area (Å²) in [5.74, 6) is 0.0917. The van der Waals surface area contributed by atoms with Crippen LogP contribution in [0.3, 0.4) is 0 Å². The van der Waals surface area contributed by atoms with Crippen molar-refractivity contribution >= 4 is 29.2 Å². The summed E-state index contributed by atoms with van der Waals surface area (Å²) in [6.07, 6.45) is 5.11. The third-order valence-electron chi connectivity index (χ3n) is 3.04. The van der Waals surface area contributed by atoms with Gasteiger partial charge in [-0.1, -0.05) is 11.8 Å². The van der Waals surface area contributed by atoms with Gasteiger partial charge in [0.05, 0.1) is 18.4 Å². The normalized spacial score (nSPS) is 14.3. The molecule has 0 atom stereocenters. The maximum Gasteiger partial charge on any atom is 0.267 e. The maximum absolute atomic E-state index is 12.7. The standard InChI is InChI=1S/C13H13N5O2S/c1-21-13-16-10(14)9-11(17-13)20-6-5-18(12(9)19)8-3-2-4-15-7-8/h2-4,7H,5-6H2,1H3,(H2,14,16,17). The molecule has 0 aromatic carbocycles. The lowest BCUT2D eigenvalue weighted by molar-refractivity contribution is 0.0990. The van der Waals surface area contributed by atoms with Gasteiger partial charge in [-0.05, 0) is 18.4 Å². The van der Waals surface area contributed by atoms with E-state index in [0.29, 0.717) is 24.0 Å². The van der Waals surface area contributed by atoms with Gasteiger partial charge < -0.3 is 15.4 Å². The molecule has 0 bridgehead atoms. The molecule has 2 aromatic heterocycles. The van der Waals surface area contributed by atoms with Crippen molar-refractivity contribution in [3.63, 3.8) is 0 Å². The highest BCUT2D eigenvalue weighted by Gasteiger charge is 2.29. The van der Waals surface area contributed by atoms with Crippen molar-refractivity contribution in [3.8, 4) is 5.88 Å². The van der Waals surface area contributed by atoms with E-state index in [2.05, 4.69) is 15.0 Å². The van der Waals surface area contributed by atoms with Gasteiger partial charge in [-0.2, -0.15) is 4.98 Å². The summed E-state index contributed by atoms with van der Waals surface area (Å²) in [7, 11) is 0. The van der Waals surface area contributed by atoms with Crippen LogP contribution >= 0.6 is 11.8 Å². The highest BCUT2D eigenvalue weighted by Crippen LogP contribution is 2.29. The predicted octanol–water partition coefficient (Wildman–Crippen LogP) is 1.21. The Balaban J connectivity index is 2.06. The van der Waals surface area contributed by atoms with Crippen LogP contribution in [0.4, 0.5) is 11.5 Å². The Labute approximate surface area is 125 Å². The predicted molar refractivity (Wildman–Crippen MR) is 79.6 cm³/mol. The number of anilines is 2. The number of amides is 1. The largest absolute Gasteiger partial charge is 0.475 e. The molecule has 0 radical (unpaired) electrons. The number of hydrogen-bond donors (Lipinski definition) is 1. The molecule has 0 unspecified atom stereocenters. The minimum absolute atomic E-state index is 0.130. The maximum atomic E-state index is 12.7. The van der Waals surface area contributed by atoms with Crippen LogP contribution in [0.25, 0.3) is 0 Å². The number of hydrogen-bond acceptors (Lipinski definition) is 7. The summed E-state index contributed by atoms with van der Waals surface area (Å²) in [4.78, 5) is 26.6. The third kappa shape index (κ3) is 2.49. The van der Waals surface area contributed by atoms with E-state index in [9.17, 15) is 4.79 Å². The lowest BCUT2D eigenvalue weighted by atomic mass is 10.2. The fourth-order valence-corrected chi connectivity index (χ4v) is 2.43. The van der Waals surface area contributed by atoms with Gasteiger partial charge in [0, 0.05) is 6.20 Å². The molecule has 1 aliphatic rings. The van der Waals surface area contributed by atoms with Gasteiger partial charge in [0.1, 0.15) is 18.0 Å². The van der Waals surface area contributed by atoms with Crippen molar-refractivity contribution in [1.82, 2.24) is 15.0 Å². The first kappa shape index (κ1) is 13.6. The molecule has 3 heterocycles. The Morgan fingerprint density at radius 3 is 3.00 bits per heavy atom. The number of carbonyl (C=O) groups is 1. The van der Waals surface area contributed by atoms with E-state index in [1.54, 1.807) is 23.4 Å². The van der Waals surface area contributed by atoms with E-state index in [4.69, 9.17) is 10.5 Å². The number of aromatic nitrogens is 3. The second-order valence-electron chi connectivity index (χ2n) is 4.29. The van der Waals surface area contributed by atoms with Gasteiger partial charge in [0.15, 0.2) is 5.16 Å². The van der Waals surface area contributed by atoms with Crippen molar-refractivity contribution in [1.29, 1.82) is 0 Å². The Morgan fingerprint density at radius 1 is 1.43 bits per heavy atom. The molecular weight excluding hydrogens is 290 g/mol.